The van der Waals surface area contributed by atoms with E-state index >= 15 is 0 Å². The minimum atomic E-state index is -0.535. The fourth-order valence-corrected chi connectivity index (χ4v) is 3.85. The molecule has 0 bridgehead atoms. The summed E-state index contributed by atoms with van der Waals surface area (Å²) in [6.07, 6.45) is 0. The topological polar surface area (TPSA) is 116 Å². The lowest BCUT2D eigenvalue weighted by Gasteiger charge is -2.23. The van der Waals surface area contributed by atoms with Crippen molar-refractivity contribution in [2.75, 3.05) is 53.0 Å². The van der Waals surface area contributed by atoms with Gasteiger partial charge < -0.3 is 25.0 Å². The van der Waals surface area contributed by atoms with Crippen LogP contribution in [0, 0.1) is 0 Å². The van der Waals surface area contributed by atoms with Crippen LogP contribution in [0.5, 0.6) is 5.75 Å². The van der Waals surface area contributed by atoms with Crippen LogP contribution in [0.1, 0.15) is 10.5 Å². The van der Waals surface area contributed by atoms with Gasteiger partial charge in [-0.2, -0.15) is 9.78 Å². The maximum Gasteiger partial charge on any atom is 0.279 e. The number of rotatable bonds is 8. The summed E-state index contributed by atoms with van der Waals surface area (Å²) in [5.41, 5.74) is 0.214. The molecule has 1 saturated heterocycles. The van der Waals surface area contributed by atoms with Crippen LogP contribution in [-0.4, -0.2) is 74.6 Å². The number of fused-ring (bicyclic) bond motifs is 1. The number of nitrogens with one attached hydrogen (secondary N) is 3. The number of carbonyl (C=O) groups excluding carboxylic acids is 2. The first-order valence-corrected chi connectivity index (χ1v) is 11.2. The molecule has 2 heterocycles. The summed E-state index contributed by atoms with van der Waals surface area (Å²) in [6, 6.07) is 13.6. The Morgan fingerprint density at radius 3 is 2.47 bits per heavy atom. The van der Waals surface area contributed by atoms with Crippen LogP contribution in [0.3, 0.4) is 0 Å². The number of ether oxygens (including phenoxy) is 2. The highest BCUT2D eigenvalue weighted by atomic mass is 16.5. The zero-order chi connectivity index (χ0) is 23.9. The van der Waals surface area contributed by atoms with Crippen LogP contribution < -0.4 is 25.8 Å². The molecule has 10 heteroatoms. The number of benzene rings is 2. The van der Waals surface area contributed by atoms with E-state index in [4.69, 9.17) is 9.47 Å². The lowest BCUT2D eigenvalue weighted by atomic mass is 10.1. The predicted octanol–water partition coefficient (Wildman–Crippen LogP) is -0.845. The van der Waals surface area contributed by atoms with E-state index in [9.17, 15) is 14.4 Å². The van der Waals surface area contributed by atoms with Crippen LogP contribution in [0.2, 0.25) is 0 Å². The number of aromatic nitrogens is 2. The lowest BCUT2D eigenvalue weighted by molar-refractivity contribution is -0.906. The second kappa shape index (κ2) is 10.9. The van der Waals surface area contributed by atoms with Gasteiger partial charge in [0.1, 0.15) is 18.8 Å². The van der Waals surface area contributed by atoms with Gasteiger partial charge in [-0.3, -0.25) is 14.4 Å². The van der Waals surface area contributed by atoms with Gasteiger partial charge in [0, 0.05) is 5.39 Å². The molecule has 0 unspecified atom stereocenters. The molecule has 10 nitrogen and oxygen atoms in total. The van der Waals surface area contributed by atoms with Gasteiger partial charge in [0.15, 0.2) is 5.69 Å². The highest BCUT2D eigenvalue weighted by molar-refractivity contribution is 6.05. The molecule has 34 heavy (non-hydrogen) atoms. The third kappa shape index (κ3) is 5.41. The minimum Gasteiger partial charge on any atom is -0.497 e. The predicted molar refractivity (Wildman–Crippen MR) is 126 cm³/mol. The smallest absolute Gasteiger partial charge is 0.279 e. The van der Waals surface area contributed by atoms with Crippen molar-refractivity contribution in [1.29, 1.82) is 0 Å². The summed E-state index contributed by atoms with van der Waals surface area (Å²) in [4.78, 5) is 39.6. The quantitative estimate of drug-likeness (QED) is 0.399. The van der Waals surface area contributed by atoms with E-state index in [-0.39, 0.29) is 23.7 Å². The maximum absolute atomic E-state index is 13.0. The minimum absolute atomic E-state index is 0.0663. The lowest BCUT2D eigenvalue weighted by Crippen LogP contribution is -3.14. The van der Waals surface area contributed by atoms with E-state index in [0.717, 1.165) is 32.8 Å². The van der Waals surface area contributed by atoms with E-state index in [1.54, 1.807) is 55.6 Å². The fraction of sp³-hybridized carbons (Fsp3) is 0.333. The standard InChI is InChI=1S/C24H27N5O5/c1-33-18-8-6-17(7-9-18)29-24(32)20-5-3-2-4-19(20)22(27-29)23(31)26-16-21(30)25-10-11-28-12-14-34-15-13-28/h2-9H,10-16H2,1H3,(H,25,30)(H,26,31)/p+1. The Labute approximate surface area is 196 Å². The van der Waals surface area contributed by atoms with Crippen molar-refractivity contribution in [3.63, 3.8) is 0 Å². The van der Waals surface area contributed by atoms with Crippen LogP contribution in [0.25, 0.3) is 16.5 Å². The fourth-order valence-electron chi connectivity index (χ4n) is 3.85. The van der Waals surface area contributed by atoms with E-state index < -0.39 is 5.91 Å². The molecule has 1 aliphatic rings. The van der Waals surface area contributed by atoms with Crippen LogP contribution in [0.15, 0.2) is 53.3 Å². The van der Waals surface area contributed by atoms with Crippen molar-refractivity contribution in [3.05, 3.63) is 64.6 Å². The molecule has 1 aliphatic heterocycles. The number of methoxy groups -OCH3 is 1. The van der Waals surface area contributed by atoms with E-state index in [1.807, 2.05) is 0 Å². The summed E-state index contributed by atoms with van der Waals surface area (Å²) < 4.78 is 11.7. The van der Waals surface area contributed by atoms with Gasteiger partial charge in [0.25, 0.3) is 11.5 Å². The molecular formula is C24H28N5O5+. The average Bonchev–Trinajstić information content (AvgIpc) is 2.88. The molecular weight excluding hydrogens is 438 g/mol. The van der Waals surface area contributed by atoms with Gasteiger partial charge in [0.2, 0.25) is 5.91 Å². The summed E-state index contributed by atoms with van der Waals surface area (Å²) in [5, 5.41) is 10.6. The number of hydrogen-bond donors (Lipinski definition) is 3. The number of quaternary nitrogens is 1. The zero-order valence-corrected chi connectivity index (χ0v) is 19.0. The first-order valence-electron chi connectivity index (χ1n) is 11.2. The Bertz CT molecular complexity index is 1220. The Hall–Kier alpha value is -3.76. The molecule has 3 N–H and O–H groups in total. The highest BCUT2D eigenvalue weighted by Gasteiger charge is 2.19. The number of amides is 2. The summed E-state index contributed by atoms with van der Waals surface area (Å²) in [7, 11) is 1.55. The second-order valence-electron chi connectivity index (χ2n) is 7.95. The van der Waals surface area contributed by atoms with Crippen molar-refractivity contribution in [2.24, 2.45) is 0 Å². The molecule has 0 atom stereocenters. The molecule has 2 amide bonds. The molecule has 1 fully saturated rings. The number of carbonyl (C=O) groups is 2. The number of morpholine rings is 1. The van der Waals surface area contributed by atoms with Gasteiger partial charge in [0.05, 0.1) is 51.0 Å². The maximum atomic E-state index is 13.0. The first-order chi connectivity index (χ1) is 16.6. The molecule has 0 saturated carbocycles. The molecule has 2 aromatic carbocycles. The summed E-state index contributed by atoms with van der Waals surface area (Å²) in [6.45, 7) is 4.47. The third-order valence-electron chi connectivity index (χ3n) is 5.75. The van der Waals surface area contributed by atoms with Crippen molar-refractivity contribution in [3.8, 4) is 11.4 Å². The van der Waals surface area contributed by atoms with E-state index in [1.165, 1.54) is 9.58 Å². The molecule has 3 aromatic rings. The molecule has 0 aliphatic carbocycles. The Kier molecular flexibility index (Phi) is 7.51. The summed E-state index contributed by atoms with van der Waals surface area (Å²) >= 11 is 0. The van der Waals surface area contributed by atoms with Crippen molar-refractivity contribution >= 4 is 22.6 Å². The van der Waals surface area contributed by atoms with Gasteiger partial charge in [-0.1, -0.05) is 18.2 Å². The number of hydrogen-bond acceptors (Lipinski definition) is 6. The van der Waals surface area contributed by atoms with Crippen molar-refractivity contribution in [1.82, 2.24) is 20.4 Å². The zero-order valence-electron chi connectivity index (χ0n) is 19.0. The van der Waals surface area contributed by atoms with Crippen molar-refractivity contribution in [2.45, 2.75) is 0 Å². The van der Waals surface area contributed by atoms with Gasteiger partial charge in [-0.25, -0.2) is 0 Å². The number of nitrogens with zero attached hydrogens (tertiary/aromatic N) is 2. The van der Waals surface area contributed by atoms with Crippen LogP contribution >= 0.6 is 0 Å². The third-order valence-corrected chi connectivity index (χ3v) is 5.75. The molecule has 0 radical (unpaired) electrons. The van der Waals surface area contributed by atoms with Gasteiger partial charge >= 0.3 is 0 Å². The van der Waals surface area contributed by atoms with E-state index in [0.29, 0.717) is 28.8 Å². The Morgan fingerprint density at radius 2 is 1.76 bits per heavy atom. The van der Waals surface area contributed by atoms with Crippen molar-refractivity contribution < 1.29 is 24.0 Å². The Balaban J connectivity index is 1.47. The molecule has 178 valence electrons. The molecule has 4 rings (SSSR count). The average molecular weight is 467 g/mol. The molecule has 0 spiro atoms. The van der Waals surface area contributed by atoms with Gasteiger partial charge in [-0.05, 0) is 30.3 Å². The normalized spacial score (nSPS) is 14.0. The largest absolute Gasteiger partial charge is 0.497 e. The summed E-state index contributed by atoms with van der Waals surface area (Å²) in [5.74, 6) is -0.182. The SMILES string of the molecule is COc1ccc(-n2nc(C(=O)NCC(=O)NCC[NH+]3CCOCC3)c3ccccc3c2=O)cc1. The highest BCUT2D eigenvalue weighted by Crippen LogP contribution is 2.17. The van der Waals surface area contributed by atoms with Crippen LogP contribution in [-0.2, 0) is 9.53 Å². The van der Waals surface area contributed by atoms with Gasteiger partial charge in [-0.15, -0.1) is 0 Å². The second-order valence-corrected chi connectivity index (χ2v) is 7.95. The molecule has 1 aromatic heterocycles. The first kappa shape index (κ1) is 23.4. The monoisotopic (exact) mass is 466 g/mol. The van der Waals surface area contributed by atoms with E-state index in [2.05, 4.69) is 15.7 Å². The Morgan fingerprint density at radius 1 is 1.06 bits per heavy atom. The van der Waals surface area contributed by atoms with Crippen LogP contribution in [0.4, 0.5) is 0 Å².